The van der Waals surface area contributed by atoms with E-state index in [1.165, 1.54) is 29.9 Å². The van der Waals surface area contributed by atoms with E-state index in [4.69, 9.17) is 0 Å². The second-order valence-corrected chi connectivity index (χ2v) is 6.91. The Bertz CT molecular complexity index is 906. The Morgan fingerprint density at radius 1 is 1.00 bits per heavy atom. The van der Waals surface area contributed by atoms with Gasteiger partial charge in [-0.3, -0.25) is 13.9 Å². The maximum absolute atomic E-state index is 13.0. The van der Waals surface area contributed by atoms with Gasteiger partial charge in [-0.05, 0) is 12.1 Å². The fourth-order valence-electron chi connectivity index (χ4n) is 3.95. The first-order valence-corrected chi connectivity index (χ1v) is 8.32. The van der Waals surface area contributed by atoms with E-state index in [1.54, 1.807) is 13.1 Å². The highest BCUT2D eigenvalue weighted by Gasteiger charge is 2.41. The van der Waals surface area contributed by atoms with Gasteiger partial charge in [0.05, 0.1) is 6.20 Å². The van der Waals surface area contributed by atoms with Crippen molar-refractivity contribution in [2.75, 3.05) is 36.0 Å². The molecule has 7 nitrogen and oxygen atoms in total. The molecule has 0 saturated carbocycles. The van der Waals surface area contributed by atoms with E-state index in [9.17, 15) is 14.0 Å². The van der Waals surface area contributed by atoms with Crippen LogP contribution in [-0.4, -0.2) is 40.3 Å². The van der Waals surface area contributed by atoms with Crippen molar-refractivity contribution in [2.24, 2.45) is 25.9 Å². The summed E-state index contributed by atoms with van der Waals surface area (Å²) in [5, 5.41) is 0. The molecule has 2 fully saturated rings. The summed E-state index contributed by atoms with van der Waals surface area (Å²) in [6, 6.07) is 4.67. The molecule has 25 heavy (non-hydrogen) atoms. The SMILES string of the molecule is Cn1c(N2CC3CN(c4ccc(F)cn4)CC3C2)cc(=O)n(C)c1=O. The Hall–Kier alpha value is -2.64. The van der Waals surface area contributed by atoms with Gasteiger partial charge in [0.15, 0.2) is 0 Å². The monoisotopic (exact) mass is 345 g/mol. The minimum Gasteiger partial charge on any atom is -0.357 e. The first kappa shape index (κ1) is 15.9. The van der Waals surface area contributed by atoms with Crippen molar-refractivity contribution in [3.8, 4) is 0 Å². The molecule has 2 aliphatic rings. The summed E-state index contributed by atoms with van der Waals surface area (Å²) < 4.78 is 15.7. The van der Waals surface area contributed by atoms with Crippen LogP contribution in [0.4, 0.5) is 16.0 Å². The summed E-state index contributed by atoms with van der Waals surface area (Å²) in [4.78, 5) is 32.5. The molecule has 0 aliphatic carbocycles. The predicted molar refractivity (Wildman–Crippen MR) is 92.5 cm³/mol. The van der Waals surface area contributed by atoms with Gasteiger partial charge in [0.2, 0.25) is 0 Å². The summed E-state index contributed by atoms with van der Waals surface area (Å²) in [5.74, 6) is 2.01. The van der Waals surface area contributed by atoms with Crippen LogP contribution in [0.15, 0.2) is 34.0 Å². The number of aromatic nitrogens is 3. The van der Waals surface area contributed by atoms with Crippen molar-refractivity contribution < 1.29 is 4.39 Å². The van der Waals surface area contributed by atoms with Crippen molar-refractivity contribution in [1.82, 2.24) is 14.1 Å². The standard InChI is InChI=1S/C17H20FN5O2/c1-20-15(5-16(24)21(2)17(20)25)23-9-11-7-22(8-12(11)10-23)14-4-3-13(18)6-19-14/h3-6,11-12H,7-10H2,1-2H3. The molecule has 2 aromatic rings. The normalized spacial score (nSPS) is 22.5. The molecular weight excluding hydrogens is 325 g/mol. The molecule has 0 N–H and O–H groups in total. The van der Waals surface area contributed by atoms with Gasteiger partial charge in [-0.2, -0.15) is 0 Å². The van der Waals surface area contributed by atoms with Crippen molar-refractivity contribution in [3.63, 3.8) is 0 Å². The lowest BCUT2D eigenvalue weighted by Gasteiger charge is -2.25. The molecule has 2 aliphatic heterocycles. The molecule has 4 heterocycles. The van der Waals surface area contributed by atoms with Crippen molar-refractivity contribution in [3.05, 3.63) is 51.1 Å². The van der Waals surface area contributed by atoms with Gasteiger partial charge in [-0.15, -0.1) is 0 Å². The van der Waals surface area contributed by atoms with Crippen molar-refractivity contribution in [2.45, 2.75) is 0 Å². The molecular formula is C17H20FN5O2. The van der Waals surface area contributed by atoms with Gasteiger partial charge >= 0.3 is 5.69 Å². The molecule has 0 amide bonds. The summed E-state index contributed by atoms with van der Waals surface area (Å²) in [6.45, 7) is 3.28. The molecule has 0 spiro atoms. The molecule has 0 radical (unpaired) electrons. The van der Waals surface area contributed by atoms with Gasteiger partial charge in [-0.25, -0.2) is 14.2 Å². The Balaban J connectivity index is 1.53. The van der Waals surface area contributed by atoms with E-state index >= 15 is 0 Å². The minimum absolute atomic E-state index is 0.285. The van der Waals surface area contributed by atoms with E-state index in [0.717, 1.165) is 36.6 Å². The first-order chi connectivity index (χ1) is 11.9. The smallest absolute Gasteiger partial charge is 0.332 e. The molecule has 2 atom stereocenters. The maximum atomic E-state index is 13.0. The van der Waals surface area contributed by atoms with Gasteiger partial charge in [-0.1, -0.05) is 0 Å². The average molecular weight is 345 g/mol. The van der Waals surface area contributed by atoms with Gasteiger partial charge in [0.1, 0.15) is 17.5 Å². The summed E-state index contributed by atoms with van der Waals surface area (Å²) in [6.07, 6.45) is 1.24. The third-order valence-electron chi connectivity index (χ3n) is 5.35. The lowest BCUT2D eigenvalue weighted by Crippen LogP contribution is -2.40. The summed E-state index contributed by atoms with van der Waals surface area (Å²) in [5.41, 5.74) is -0.594. The van der Waals surface area contributed by atoms with Crippen LogP contribution in [0.2, 0.25) is 0 Å². The molecule has 2 aromatic heterocycles. The van der Waals surface area contributed by atoms with Crippen LogP contribution in [0.25, 0.3) is 0 Å². The van der Waals surface area contributed by atoms with Gasteiger partial charge < -0.3 is 9.80 Å². The van der Waals surface area contributed by atoms with E-state index < -0.39 is 0 Å². The van der Waals surface area contributed by atoms with Crippen LogP contribution >= 0.6 is 0 Å². The second kappa shape index (κ2) is 5.72. The quantitative estimate of drug-likeness (QED) is 0.778. The first-order valence-electron chi connectivity index (χ1n) is 8.32. The van der Waals surface area contributed by atoms with E-state index in [2.05, 4.69) is 14.8 Å². The number of hydrogen-bond acceptors (Lipinski definition) is 5. The molecule has 2 unspecified atom stereocenters. The highest BCUT2D eigenvalue weighted by molar-refractivity contribution is 5.44. The molecule has 4 rings (SSSR count). The number of rotatable bonds is 2. The molecule has 2 saturated heterocycles. The molecule has 0 bridgehead atoms. The Morgan fingerprint density at radius 2 is 1.64 bits per heavy atom. The Morgan fingerprint density at radius 3 is 2.24 bits per heavy atom. The number of hydrogen-bond donors (Lipinski definition) is 0. The topological polar surface area (TPSA) is 63.4 Å². The molecule has 0 aromatic carbocycles. The van der Waals surface area contributed by atoms with Crippen LogP contribution in [-0.2, 0) is 14.1 Å². The highest BCUT2D eigenvalue weighted by Crippen LogP contribution is 2.34. The van der Waals surface area contributed by atoms with Crippen LogP contribution in [0.5, 0.6) is 0 Å². The molecule has 132 valence electrons. The summed E-state index contributed by atoms with van der Waals surface area (Å²) >= 11 is 0. The molecule has 8 heteroatoms. The van der Waals surface area contributed by atoms with Crippen LogP contribution in [0, 0.1) is 17.7 Å². The number of pyridine rings is 1. The zero-order valence-corrected chi connectivity index (χ0v) is 14.2. The van der Waals surface area contributed by atoms with E-state index in [-0.39, 0.29) is 17.1 Å². The lowest BCUT2D eigenvalue weighted by molar-refractivity contribution is 0.533. The Kier molecular flexibility index (Phi) is 3.63. The number of halogens is 1. The fraction of sp³-hybridized carbons (Fsp3) is 0.471. The lowest BCUT2D eigenvalue weighted by atomic mass is 10.0. The van der Waals surface area contributed by atoms with Crippen molar-refractivity contribution in [1.29, 1.82) is 0 Å². The van der Waals surface area contributed by atoms with E-state index in [1.807, 2.05) is 0 Å². The maximum Gasteiger partial charge on any atom is 0.332 e. The predicted octanol–water partition coefficient (Wildman–Crippen LogP) is 0.191. The van der Waals surface area contributed by atoms with Crippen LogP contribution in [0.1, 0.15) is 0 Å². The number of fused-ring (bicyclic) bond motifs is 1. The van der Waals surface area contributed by atoms with Gasteiger partial charge in [0, 0.05) is 58.2 Å². The number of anilines is 2. The minimum atomic E-state index is -0.333. The zero-order valence-electron chi connectivity index (χ0n) is 14.2. The third kappa shape index (κ3) is 2.61. The summed E-state index contributed by atoms with van der Waals surface area (Å²) in [7, 11) is 3.18. The zero-order chi connectivity index (χ0) is 17.7. The fourth-order valence-corrected chi connectivity index (χ4v) is 3.95. The largest absolute Gasteiger partial charge is 0.357 e. The Labute approximate surface area is 143 Å². The van der Waals surface area contributed by atoms with Crippen LogP contribution in [0.3, 0.4) is 0 Å². The van der Waals surface area contributed by atoms with Gasteiger partial charge in [0.25, 0.3) is 5.56 Å². The van der Waals surface area contributed by atoms with Crippen molar-refractivity contribution >= 4 is 11.6 Å². The number of nitrogens with zero attached hydrogens (tertiary/aromatic N) is 5. The van der Waals surface area contributed by atoms with E-state index in [0.29, 0.717) is 17.7 Å². The highest BCUT2D eigenvalue weighted by atomic mass is 19.1. The second-order valence-electron chi connectivity index (χ2n) is 6.91. The van der Waals surface area contributed by atoms with Crippen LogP contribution < -0.4 is 21.0 Å². The average Bonchev–Trinajstić information content (AvgIpc) is 3.16. The third-order valence-corrected chi connectivity index (χ3v) is 5.35.